The van der Waals surface area contributed by atoms with Crippen LogP contribution < -0.4 is 22.9 Å². The molecule has 8 N–H and O–H groups in total. The second-order valence-corrected chi connectivity index (χ2v) is 39.0. The van der Waals surface area contributed by atoms with Crippen molar-refractivity contribution in [1.82, 2.24) is 19.8 Å². The van der Waals surface area contributed by atoms with Crippen molar-refractivity contribution in [2.24, 2.45) is 70.5 Å². The average molecular weight is 1640 g/mol. The Labute approximate surface area is 715 Å². The Bertz CT molecular complexity index is 4670. The molecule has 20 nitrogen and oxygen atoms in total. The third kappa shape index (κ3) is 14.9. The summed E-state index contributed by atoms with van der Waals surface area (Å²) in [6, 6.07) is 37.9. The minimum atomic E-state index is -0.905. The van der Waals surface area contributed by atoms with Crippen LogP contribution in [0.4, 0.5) is 0 Å². The number of amides is 3. The number of carbonyl (C=O) groups is 3. The summed E-state index contributed by atoms with van der Waals surface area (Å²) in [5, 5.41) is 1.66. The van der Waals surface area contributed by atoms with Gasteiger partial charge in [-0.25, -0.2) is 29.9 Å². The van der Waals surface area contributed by atoms with Gasteiger partial charge >= 0.3 is 0 Å². The van der Waals surface area contributed by atoms with Crippen LogP contribution in [0, 0.1) is 27.6 Å². The van der Waals surface area contributed by atoms with E-state index in [1.54, 1.807) is 41.1 Å². The predicted octanol–water partition coefficient (Wildman–Crippen LogP) is 16.5. The van der Waals surface area contributed by atoms with Gasteiger partial charge in [0.2, 0.25) is 11.7 Å². The van der Waals surface area contributed by atoms with Crippen LogP contribution in [0.2, 0.25) is 0 Å². The first-order valence-electron chi connectivity index (χ1n) is 46.2. The third-order valence-corrected chi connectivity index (χ3v) is 31.2. The van der Waals surface area contributed by atoms with Crippen LogP contribution in [0.3, 0.4) is 0 Å². The largest absolute Gasteiger partial charge is 0.381 e. The number of methoxy groups -OCH3 is 4. The molecule has 4 aliphatic heterocycles. The number of carbonyl (C=O) groups excluding carboxylic acids is 3. The lowest BCUT2D eigenvalue weighted by Crippen LogP contribution is -2.53. The van der Waals surface area contributed by atoms with Gasteiger partial charge in [-0.15, -0.1) is 0 Å². The lowest BCUT2D eigenvalue weighted by atomic mass is 9.61. The number of aryl methyl sites for hydroxylation is 4. The highest BCUT2D eigenvalue weighted by Gasteiger charge is 2.71. The molecular formula is C100H140N12O8. The molecule has 4 heterocycles. The fraction of sp³-hybridized carbons (Fsp3) is 0.630. The monoisotopic (exact) mass is 1640 g/mol. The Morgan fingerprint density at radius 3 is 1.11 bits per heavy atom. The van der Waals surface area contributed by atoms with Gasteiger partial charge in [-0.05, 0) is 281 Å². The lowest BCUT2D eigenvalue weighted by molar-refractivity contribution is -0.232. The van der Waals surface area contributed by atoms with Crippen molar-refractivity contribution < 1.29 is 38.2 Å². The molecule has 120 heavy (non-hydrogen) atoms. The van der Waals surface area contributed by atoms with E-state index in [1.807, 2.05) is 55.7 Å². The van der Waals surface area contributed by atoms with Crippen LogP contribution in [0.5, 0.6) is 0 Å². The SMILES string of the molecule is CCCCCc1ccc2c(c1)C1(N=C(N)N(C)O1)C1(CCC(OC)CC1)C2.CCCc1ccc2c(c1)C1(N=C(N)N(C(C)C)C1=O)C1(CCC(OC)CC1)C2.COC1CCC2(CC1)Cc1ccc(CC3CCCCC3)cc1C21N=C(N)N(C(C)C)C1=O.COC1CCC2(CC1)Cc1ccc(CCc3ccccc3)cc1C21N=C(N)N(C(C)C)C1=O. The normalized spacial score (nSPS) is 31.4. The first-order valence-corrected chi connectivity index (χ1v) is 46.2. The number of hydroxylamine groups is 2. The van der Waals surface area contributed by atoms with Gasteiger partial charge in [0.25, 0.3) is 17.7 Å². The second-order valence-electron chi connectivity index (χ2n) is 39.0. The van der Waals surface area contributed by atoms with E-state index in [9.17, 15) is 14.4 Å². The van der Waals surface area contributed by atoms with Crippen LogP contribution in [-0.4, -0.2) is 139 Å². The van der Waals surface area contributed by atoms with E-state index in [0.29, 0.717) is 29.9 Å². The summed E-state index contributed by atoms with van der Waals surface area (Å²) in [7, 11) is 9.07. The number of unbranched alkanes of at least 4 members (excludes halogenated alkanes) is 2. The van der Waals surface area contributed by atoms with Gasteiger partial charge < -0.3 is 41.9 Å². The molecule has 13 aliphatic rings. The summed E-state index contributed by atoms with van der Waals surface area (Å²) in [5.74, 6) is 2.61. The summed E-state index contributed by atoms with van der Waals surface area (Å²) < 4.78 is 22.6. The third-order valence-electron chi connectivity index (χ3n) is 31.2. The van der Waals surface area contributed by atoms with Crippen LogP contribution in [0.15, 0.2) is 123 Å². The van der Waals surface area contributed by atoms with Crippen LogP contribution in [0.1, 0.15) is 288 Å². The fourth-order valence-corrected chi connectivity index (χ4v) is 24.8. The van der Waals surface area contributed by atoms with Crippen molar-refractivity contribution in [2.45, 2.75) is 339 Å². The van der Waals surface area contributed by atoms with E-state index in [2.05, 4.69) is 117 Å². The number of aliphatic imine (C=N–C) groups is 4. The van der Waals surface area contributed by atoms with Crippen molar-refractivity contribution in [3.8, 4) is 0 Å². The standard InChI is InChI=1S/C28H35N3O2.C27H39N3O2.C23H33N3O2.C22H33N3O2/c1-19(2)31-25(32)28(30-26(31)29)24-17-21(10-9-20-7-5-4-6-8-20)11-12-22(24)18-27(28)15-13-23(33-3)14-16-27;1-18(2)30-24(31)27(29-25(30)28)23-16-20(15-19-7-5-4-6-8-19)9-10-21(23)17-26(27)13-11-22(32-3)12-14-26;1-5-6-16-7-8-17-14-22(11-9-18(28-4)10-12-22)23(19(17)13-16)20(27)26(15(2)3)21(24)25-23;1-4-5-6-7-16-8-9-17-15-21(12-10-18(26-3)11-13-21)22(19(17)14-16)24-20(23)25(2)27-22/h4-8,11-12,17,19,23H,9-10,13-16,18H2,1-3H3,(H2,29,30);9-10,16,18-19,22H,4-8,11-15,17H2,1-3H3,(H2,28,29);7-8,13,15,18H,5-6,9-12,14H2,1-4H3,(H2,24,25);8-9,14,18H,4-7,10-13,15H2,1-3H3,(H2,23,24). The molecule has 9 aliphatic carbocycles. The maximum Gasteiger partial charge on any atom is 0.262 e. The molecule has 18 rings (SSSR count). The highest BCUT2D eigenvalue weighted by molar-refractivity contribution is 6.10. The van der Waals surface area contributed by atoms with E-state index < -0.39 is 22.3 Å². The van der Waals surface area contributed by atoms with Crippen molar-refractivity contribution in [3.63, 3.8) is 0 Å². The number of nitrogens with zero attached hydrogens (tertiary/aromatic N) is 8. The van der Waals surface area contributed by atoms with Crippen molar-refractivity contribution in [2.75, 3.05) is 35.5 Å². The molecule has 20 heteroatoms. The molecule has 0 bridgehead atoms. The van der Waals surface area contributed by atoms with Crippen LogP contribution in [0.25, 0.3) is 0 Å². The average Bonchev–Trinajstić information content (AvgIpc) is 1.53. The van der Waals surface area contributed by atoms with Crippen molar-refractivity contribution in [3.05, 3.63) is 175 Å². The lowest BCUT2D eigenvalue weighted by Gasteiger charge is -2.45. The van der Waals surface area contributed by atoms with Gasteiger partial charge in [0.15, 0.2) is 34.5 Å². The molecule has 5 aromatic rings. The van der Waals surface area contributed by atoms with E-state index in [0.717, 1.165) is 190 Å². The summed E-state index contributed by atoms with van der Waals surface area (Å²) >= 11 is 0. The van der Waals surface area contributed by atoms with Crippen LogP contribution in [-0.2, 0) is 118 Å². The first kappa shape index (κ1) is 86.9. The Balaban J connectivity index is 0.000000125. The number of guanidine groups is 4. The Morgan fingerprint density at radius 1 is 0.392 bits per heavy atom. The number of rotatable bonds is 18. The molecule has 4 unspecified atom stereocenters. The van der Waals surface area contributed by atoms with E-state index in [-0.39, 0.29) is 75.8 Å². The Hall–Kier alpha value is -8.01. The minimum Gasteiger partial charge on any atom is -0.381 e. The summed E-state index contributed by atoms with van der Waals surface area (Å²) in [6.07, 6.45) is 37.3. The fourth-order valence-electron chi connectivity index (χ4n) is 24.8. The van der Waals surface area contributed by atoms with E-state index in [4.69, 9.17) is 66.7 Å². The molecule has 3 amide bonds. The van der Waals surface area contributed by atoms with Crippen molar-refractivity contribution in [1.29, 1.82) is 0 Å². The maximum absolute atomic E-state index is 14.2. The summed E-state index contributed by atoms with van der Waals surface area (Å²) in [4.78, 5) is 74.0. The number of benzene rings is 5. The molecule has 648 valence electrons. The van der Waals surface area contributed by atoms with Gasteiger partial charge in [-0.2, -0.15) is 0 Å². The van der Waals surface area contributed by atoms with E-state index in [1.165, 1.54) is 107 Å². The molecule has 5 aromatic carbocycles. The highest BCUT2D eigenvalue weighted by atomic mass is 16.7. The highest BCUT2D eigenvalue weighted by Crippen LogP contribution is 2.67. The zero-order valence-electron chi connectivity index (χ0n) is 74.6. The van der Waals surface area contributed by atoms with Gasteiger partial charge in [-0.3, -0.25) is 29.1 Å². The smallest absolute Gasteiger partial charge is 0.262 e. The topological polar surface area (TPSA) is 264 Å². The number of nitrogens with two attached hydrogens (primary N) is 4. The van der Waals surface area contributed by atoms with Gasteiger partial charge in [0.05, 0.1) is 24.4 Å². The zero-order valence-corrected chi connectivity index (χ0v) is 74.6. The number of hydrogen-bond donors (Lipinski definition) is 4. The van der Waals surface area contributed by atoms with Gasteiger partial charge in [-0.1, -0.05) is 168 Å². The Morgan fingerprint density at radius 2 is 0.742 bits per heavy atom. The molecule has 8 spiro atoms. The first-order chi connectivity index (χ1) is 57.7. The number of ether oxygens (including phenoxy) is 4. The molecule has 5 saturated carbocycles. The minimum absolute atomic E-state index is 0.00543. The zero-order chi connectivity index (χ0) is 84.9. The quantitative estimate of drug-likeness (QED) is 0.0596. The molecule has 5 fully saturated rings. The summed E-state index contributed by atoms with van der Waals surface area (Å²) in [6.45, 7) is 16.5. The summed E-state index contributed by atoms with van der Waals surface area (Å²) in [5.41, 5.74) is 37.8. The van der Waals surface area contributed by atoms with Gasteiger partial charge in [0.1, 0.15) is 0 Å². The Kier molecular flexibility index (Phi) is 25.3. The molecule has 0 radical (unpaired) electrons. The molecule has 4 atom stereocenters. The van der Waals surface area contributed by atoms with Crippen LogP contribution >= 0.6 is 0 Å². The maximum atomic E-state index is 14.2. The molecular weight excluding hydrogens is 1500 g/mol. The molecule has 0 saturated heterocycles. The molecule has 0 aromatic heterocycles. The number of fused-ring (bicyclic) bond motifs is 12. The second kappa shape index (κ2) is 35.0. The van der Waals surface area contributed by atoms with E-state index >= 15 is 0 Å². The van der Waals surface area contributed by atoms with Gasteiger partial charge in [0, 0.05) is 80.8 Å². The number of hydrogen-bond acceptors (Lipinski definition) is 17. The van der Waals surface area contributed by atoms with Crippen molar-refractivity contribution >= 4 is 41.6 Å². The predicted molar refractivity (Wildman–Crippen MR) is 477 cm³/mol.